The summed E-state index contributed by atoms with van der Waals surface area (Å²) in [7, 11) is 0. The summed E-state index contributed by atoms with van der Waals surface area (Å²) in [4.78, 5) is 19.3. The van der Waals surface area contributed by atoms with Crippen LogP contribution in [0.1, 0.15) is 17.4 Å². The Morgan fingerprint density at radius 1 is 1.25 bits per heavy atom. The second kappa shape index (κ2) is 6.45. The van der Waals surface area contributed by atoms with Gasteiger partial charge < -0.3 is 14.7 Å². The Bertz CT molecular complexity index is 810. The van der Waals surface area contributed by atoms with E-state index in [-0.39, 0.29) is 11.9 Å². The van der Waals surface area contributed by atoms with Gasteiger partial charge in [0.25, 0.3) is 0 Å². The van der Waals surface area contributed by atoms with Gasteiger partial charge in [-0.25, -0.2) is 4.79 Å². The van der Waals surface area contributed by atoms with Gasteiger partial charge in [-0.15, -0.1) is 11.3 Å². The van der Waals surface area contributed by atoms with Gasteiger partial charge in [0.15, 0.2) is 0 Å². The van der Waals surface area contributed by atoms with Gasteiger partial charge in [-0.05, 0) is 17.0 Å². The molecule has 0 aliphatic carbocycles. The Balaban J connectivity index is 1.29. The van der Waals surface area contributed by atoms with Crippen LogP contribution in [0.5, 0.6) is 0 Å². The van der Waals surface area contributed by atoms with Gasteiger partial charge in [0.2, 0.25) is 11.7 Å². The van der Waals surface area contributed by atoms with Crippen molar-refractivity contribution in [2.45, 2.75) is 12.5 Å². The number of benzene rings is 1. The number of carbonyl (C=O) groups excluding carboxylic acids is 1. The van der Waals surface area contributed by atoms with Crippen molar-refractivity contribution in [1.82, 2.24) is 20.4 Å². The topological polar surface area (TPSA) is 71.3 Å². The molecule has 0 bridgehead atoms. The van der Waals surface area contributed by atoms with Gasteiger partial charge in [0.05, 0.1) is 10.8 Å². The largest absolute Gasteiger partial charge is 0.339 e. The molecule has 1 aromatic carbocycles. The monoisotopic (exact) mass is 340 g/mol. The predicted octanol–water partition coefficient (Wildman–Crippen LogP) is 3.11. The Morgan fingerprint density at radius 2 is 2.08 bits per heavy atom. The highest BCUT2D eigenvalue weighted by Crippen LogP contribution is 2.28. The molecule has 1 N–H and O–H groups in total. The minimum absolute atomic E-state index is 0.0619. The number of urea groups is 1. The van der Waals surface area contributed by atoms with Gasteiger partial charge in [-0.2, -0.15) is 4.98 Å². The Hall–Kier alpha value is -2.67. The fourth-order valence-electron chi connectivity index (χ4n) is 2.59. The molecule has 0 saturated carbocycles. The van der Waals surface area contributed by atoms with E-state index in [2.05, 4.69) is 15.5 Å². The molecular weight excluding hydrogens is 324 g/mol. The van der Waals surface area contributed by atoms with Crippen molar-refractivity contribution in [2.75, 3.05) is 13.1 Å². The third-order valence-electron chi connectivity index (χ3n) is 3.99. The molecule has 4 rings (SSSR count). The standard InChI is InChI=1S/C17H16N4O2S/c22-17(18-9-12-5-2-1-3-6-12)21-10-13(11-21)16-19-15(20-23-16)14-7-4-8-24-14/h1-8,13H,9-11H2,(H,18,22). The molecule has 24 heavy (non-hydrogen) atoms. The second-order valence-corrected chi connectivity index (χ2v) is 6.63. The molecule has 2 amide bonds. The molecule has 7 heteroatoms. The average Bonchev–Trinajstić information content (AvgIpc) is 3.24. The normalized spacial score (nSPS) is 14.4. The first kappa shape index (κ1) is 14.9. The molecule has 1 saturated heterocycles. The van der Waals surface area contributed by atoms with Crippen LogP contribution in [0.4, 0.5) is 4.79 Å². The zero-order chi connectivity index (χ0) is 16.4. The van der Waals surface area contributed by atoms with E-state index in [1.807, 2.05) is 47.8 Å². The van der Waals surface area contributed by atoms with Crippen molar-refractivity contribution in [3.05, 3.63) is 59.3 Å². The van der Waals surface area contributed by atoms with Gasteiger partial charge in [0.1, 0.15) is 0 Å². The first-order chi connectivity index (χ1) is 11.8. The molecule has 0 spiro atoms. The summed E-state index contributed by atoms with van der Waals surface area (Å²) in [6.45, 7) is 1.74. The van der Waals surface area contributed by atoms with E-state index < -0.39 is 0 Å². The van der Waals surface area contributed by atoms with Crippen LogP contribution in [0.25, 0.3) is 10.7 Å². The van der Waals surface area contributed by atoms with Crippen LogP contribution in [0.3, 0.4) is 0 Å². The number of carbonyl (C=O) groups is 1. The van der Waals surface area contributed by atoms with E-state index in [9.17, 15) is 4.79 Å². The second-order valence-electron chi connectivity index (χ2n) is 5.68. The summed E-state index contributed by atoms with van der Waals surface area (Å²) in [5, 5.41) is 8.91. The highest BCUT2D eigenvalue weighted by molar-refractivity contribution is 7.13. The predicted molar refractivity (Wildman–Crippen MR) is 90.6 cm³/mol. The van der Waals surface area contributed by atoms with Crippen LogP contribution in [-0.4, -0.2) is 34.2 Å². The lowest BCUT2D eigenvalue weighted by Gasteiger charge is -2.36. The van der Waals surface area contributed by atoms with Gasteiger partial charge >= 0.3 is 6.03 Å². The van der Waals surface area contributed by atoms with E-state index in [1.54, 1.807) is 16.2 Å². The first-order valence-corrected chi connectivity index (χ1v) is 8.62. The van der Waals surface area contributed by atoms with Crippen molar-refractivity contribution < 1.29 is 9.32 Å². The van der Waals surface area contributed by atoms with Crippen LogP contribution < -0.4 is 5.32 Å². The summed E-state index contributed by atoms with van der Waals surface area (Å²) in [6, 6.07) is 13.7. The van der Waals surface area contributed by atoms with E-state index >= 15 is 0 Å². The molecule has 1 fully saturated rings. The molecule has 3 aromatic rings. The lowest BCUT2D eigenvalue weighted by molar-refractivity contribution is 0.136. The smallest absolute Gasteiger partial charge is 0.317 e. The summed E-state index contributed by atoms with van der Waals surface area (Å²) in [6.07, 6.45) is 0. The lowest BCUT2D eigenvalue weighted by atomic mass is 10.0. The number of thiophene rings is 1. The third kappa shape index (κ3) is 3.03. The molecule has 3 heterocycles. The van der Waals surface area contributed by atoms with E-state index in [0.717, 1.165) is 10.4 Å². The summed E-state index contributed by atoms with van der Waals surface area (Å²) in [5.74, 6) is 1.34. The Kier molecular flexibility index (Phi) is 4.00. The summed E-state index contributed by atoms with van der Waals surface area (Å²) < 4.78 is 5.34. The van der Waals surface area contributed by atoms with Crippen molar-refractivity contribution >= 4 is 17.4 Å². The maximum atomic E-state index is 12.1. The van der Waals surface area contributed by atoms with Crippen molar-refractivity contribution in [1.29, 1.82) is 0 Å². The molecule has 0 radical (unpaired) electrons. The first-order valence-electron chi connectivity index (χ1n) is 7.74. The van der Waals surface area contributed by atoms with Gasteiger partial charge in [-0.1, -0.05) is 41.6 Å². The van der Waals surface area contributed by atoms with Crippen molar-refractivity contribution in [3.63, 3.8) is 0 Å². The molecule has 122 valence electrons. The number of rotatable bonds is 4. The molecule has 0 unspecified atom stereocenters. The summed E-state index contributed by atoms with van der Waals surface area (Å²) in [5.41, 5.74) is 1.08. The van der Waals surface area contributed by atoms with Gasteiger partial charge in [0, 0.05) is 19.6 Å². The fourth-order valence-corrected chi connectivity index (χ4v) is 3.24. The molecule has 2 aromatic heterocycles. The minimum Gasteiger partial charge on any atom is -0.339 e. The number of aromatic nitrogens is 2. The number of nitrogens with zero attached hydrogens (tertiary/aromatic N) is 3. The van der Waals surface area contributed by atoms with Gasteiger partial charge in [-0.3, -0.25) is 0 Å². The minimum atomic E-state index is -0.0619. The Morgan fingerprint density at radius 3 is 2.83 bits per heavy atom. The molecule has 1 aliphatic heterocycles. The van der Waals surface area contributed by atoms with Crippen LogP contribution in [-0.2, 0) is 6.54 Å². The van der Waals surface area contributed by atoms with Crippen molar-refractivity contribution in [3.8, 4) is 10.7 Å². The van der Waals surface area contributed by atoms with Crippen LogP contribution in [0, 0.1) is 0 Å². The SMILES string of the molecule is O=C(NCc1ccccc1)N1CC(c2nc(-c3cccs3)no2)C1. The van der Waals surface area contributed by atoms with Crippen LogP contribution in [0.2, 0.25) is 0 Å². The quantitative estimate of drug-likeness (QED) is 0.792. The third-order valence-corrected chi connectivity index (χ3v) is 4.85. The number of hydrogen-bond acceptors (Lipinski definition) is 5. The highest BCUT2D eigenvalue weighted by atomic mass is 32.1. The van der Waals surface area contributed by atoms with Crippen LogP contribution in [0.15, 0.2) is 52.4 Å². The van der Waals surface area contributed by atoms with Crippen LogP contribution >= 0.6 is 11.3 Å². The maximum Gasteiger partial charge on any atom is 0.317 e. The molecular formula is C17H16N4O2S. The lowest BCUT2D eigenvalue weighted by Crippen LogP contribution is -2.52. The van der Waals surface area contributed by atoms with E-state index in [1.165, 1.54) is 0 Å². The Labute approximate surface area is 143 Å². The molecule has 0 atom stereocenters. The zero-order valence-corrected chi connectivity index (χ0v) is 13.7. The summed E-state index contributed by atoms with van der Waals surface area (Å²) >= 11 is 1.58. The van der Waals surface area contributed by atoms with E-state index in [4.69, 9.17) is 4.52 Å². The zero-order valence-electron chi connectivity index (χ0n) is 12.9. The number of hydrogen-bond donors (Lipinski definition) is 1. The highest BCUT2D eigenvalue weighted by Gasteiger charge is 2.35. The molecule has 1 aliphatic rings. The number of amides is 2. The number of nitrogens with one attached hydrogen (secondary N) is 1. The van der Waals surface area contributed by atoms with Crippen molar-refractivity contribution in [2.24, 2.45) is 0 Å². The average molecular weight is 340 g/mol. The number of likely N-dealkylation sites (tertiary alicyclic amines) is 1. The van der Waals surface area contributed by atoms with E-state index in [0.29, 0.717) is 31.3 Å². The molecule has 6 nitrogen and oxygen atoms in total. The maximum absolute atomic E-state index is 12.1. The fraction of sp³-hybridized carbons (Fsp3) is 0.235.